The molecule has 0 unspecified atom stereocenters. The van der Waals surface area contributed by atoms with Crippen molar-refractivity contribution in [3.63, 3.8) is 0 Å². The molecule has 0 spiro atoms. The number of ether oxygens (including phenoxy) is 1. The van der Waals surface area contributed by atoms with Crippen molar-refractivity contribution in [1.82, 2.24) is 10.2 Å². The Hall–Kier alpha value is -2.47. The summed E-state index contributed by atoms with van der Waals surface area (Å²) in [5.41, 5.74) is 1.82. The Bertz CT molecular complexity index is 712. The van der Waals surface area contributed by atoms with Gasteiger partial charge in [0.15, 0.2) is 5.82 Å². The number of fused-ring (bicyclic) bond motifs is 1. The molecule has 0 atom stereocenters. The van der Waals surface area contributed by atoms with Gasteiger partial charge in [-0.2, -0.15) is 5.10 Å². The quantitative estimate of drug-likeness (QED) is 0.861. The van der Waals surface area contributed by atoms with Crippen molar-refractivity contribution in [2.75, 3.05) is 18.1 Å². The van der Waals surface area contributed by atoms with Crippen LogP contribution in [-0.4, -0.2) is 35.2 Å². The van der Waals surface area contributed by atoms with Crippen molar-refractivity contribution >= 4 is 17.6 Å². The Labute approximate surface area is 127 Å². The number of imide groups is 1. The van der Waals surface area contributed by atoms with Gasteiger partial charge in [0.05, 0.1) is 11.1 Å². The second-order valence-corrected chi connectivity index (χ2v) is 5.56. The SMILES string of the molecule is O=C1c2ccccc2C(=O)N1c1cc(C2CCOCC2)[nH]n1. The predicted octanol–water partition coefficient (Wildman–Crippen LogP) is 2.10. The average Bonchev–Trinajstić information content (AvgIpc) is 3.13. The molecule has 0 radical (unpaired) electrons. The molecule has 4 rings (SSSR count). The van der Waals surface area contributed by atoms with Crippen LogP contribution >= 0.6 is 0 Å². The summed E-state index contributed by atoms with van der Waals surface area (Å²) in [5.74, 6) is 0.0779. The number of anilines is 1. The highest BCUT2D eigenvalue weighted by atomic mass is 16.5. The van der Waals surface area contributed by atoms with E-state index in [2.05, 4.69) is 10.2 Å². The third kappa shape index (κ3) is 1.95. The number of aromatic nitrogens is 2. The van der Waals surface area contributed by atoms with E-state index in [0.29, 0.717) is 22.9 Å². The van der Waals surface area contributed by atoms with Crippen LogP contribution < -0.4 is 4.90 Å². The van der Waals surface area contributed by atoms with E-state index in [1.807, 2.05) is 0 Å². The molecule has 22 heavy (non-hydrogen) atoms. The number of H-pyrrole nitrogens is 1. The number of aromatic amines is 1. The number of nitrogens with one attached hydrogen (secondary N) is 1. The molecule has 2 aliphatic rings. The number of amides is 2. The molecule has 1 fully saturated rings. The summed E-state index contributed by atoms with van der Waals surface area (Å²) >= 11 is 0. The minimum absolute atomic E-state index is 0.314. The standard InChI is InChI=1S/C16H15N3O3/c20-15-11-3-1-2-4-12(11)16(21)19(15)14-9-13(17-18-14)10-5-7-22-8-6-10/h1-4,9-10H,5-8H2,(H,17,18). The third-order valence-electron chi connectivity index (χ3n) is 4.27. The summed E-state index contributed by atoms with van der Waals surface area (Å²) in [6.07, 6.45) is 1.84. The second kappa shape index (κ2) is 5.06. The molecule has 6 nitrogen and oxygen atoms in total. The van der Waals surface area contributed by atoms with E-state index in [9.17, 15) is 9.59 Å². The van der Waals surface area contributed by atoms with Crippen molar-refractivity contribution in [3.8, 4) is 0 Å². The number of nitrogens with zero attached hydrogens (tertiary/aromatic N) is 2. The van der Waals surface area contributed by atoms with Crippen LogP contribution in [0.3, 0.4) is 0 Å². The highest BCUT2D eigenvalue weighted by molar-refractivity contribution is 6.34. The van der Waals surface area contributed by atoms with Gasteiger partial charge in [-0.25, -0.2) is 4.90 Å². The molecule has 3 heterocycles. The first-order valence-electron chi connectivity index (χ1n) is 7.36. The Morgan fingerprint density at radius 3 is 2.36 bits per heavy atom. The van der Waals surface area contributed by atoms with E-state index < -0.39 is 0 Å². The second-order valence-electron chi connectivity index (χ2n) is 5.56. The van der Waals surface area contributed by atoms with Crippen LogP contribution in [0.1, 0.15) is 45.2 Å². The Morgan fingerprint density at radius 2 is 1.73 bits per heavy atom. The van der Waals surface area contributed by atoms with Crippen molar-refractivity contribution in [2.45, 2.75) is 18.8 Å². The van der Waals surface area contributed by atoms with Crippen LogP contribution in [0.4, 0.5) is 5.82 Å². The topological polar surface area (TPSA) is 75.3 Å². The van der Waals surface area contributed by atoms with Gasteiger partial charge < -0.3 is 4.74 Å². The maximum Gasteiger partial charge on any atom is 0.267 e. The van der Waals surface area contributed by atoms with Gasteiger partial charge >= 0.3 is 0 Å². The predicted molar refractivity (Wildman–Crippen MR) is 79.0 cm³/mol. The third-order valence-corrected chi connectivity index (χ3v) is 4.27. The average molecular weight is 297 g/mol. The first kappa shape index (κ1) is 13.2. The zero-order valence-corrected chi connectivity index (χ0v) is 11.9. The van der Waals surface area contributed by atoms with Crippen molar-refractivity contribution in [3.05, 3.63) is 47.2 Å². The highest BCUT2D eigenvalue weighted by Crippen LogP contribution is 2.31. The van der Waals surface area contributed by atoms with Crippen LogP contribution in [0.25, 0.3) is 0 Å². The van der Waals surface area contributed by atoms with Gasteiger partial charge in [-0.05, 0) is 25.0 Å². The van der Waals surface area contributed by atoms with Crippen LogP contribution in [0, 0.1) is 0 Å². The van der Waals surface area contributed by atoms with Gasteiger partial charge in [0.2, 0.25) is 0 Å². The van der Waals surface area contributed by atoms with E-state index in [4.69, 9.17) is 4.74 Å². The lowest BCUT2D eigenvalue weighted by Gasteiger charge is -2.20. The number of carbonyl (C=O) groups excluding carboxylic acids is 2. The minimum atomic E-state index is -0.314. The van der Waals surface area contributed by atoms with Crippen LogP contribution in [0.2, 0.25) is 0 Å². The molecule has 2 aromatic rings. The molecule has 0 saturated carbocycles. The summed E-state index contributed by atoms with van der Waals surface area (Å²) in [7, 11) is 0. The van der Waals surface area contributed by atoms with Gasteiger partial charge in [-0.3, -0.25) is 14.7 Å². The summed E-state index contributed by atoms with van der Waals surface area (Å²) in [6, 6.07) is 8.65. The summed E-state index contributed by atoms with van der Waals surface area (Å²) in [4.78, 5) is 26.0. The number of hydrogen-bond acceptors (Lipinski definition) is 4. The smallest absolute Gasteiger partial charge is 0.267 e. The maximum atomic E-state index is 12.4. The van der Waals surface area contributed by atoms with Crippen molar-refractivity contribution in [1.29, 1.82) is 0 Å². The molecule has 1 aromatic heterocycles. The van der Waals surface area contributed by atoms with Crippen molar-refractivity contribution < 1.29 is 14.3 Å². The highest BCUT2D eigenvalue weighted by Gasteiger charge is 2.37. The van der Waals surface area contributed by atoms with Crippen LogP contribution in [0.5, 0.6) is 0 Å². The van der Waals surface area contributed by atoms with Gasteiger partial charge in [-0.1, -0.05) is 12.1 Å². The zero-order chi connectivity index (χ0) is 15.1. The monoisotopic (exact) mass is 297 g/mol. The lowest BCUT2D eigenvalue weighted by atomic mass is 9.97. The summed E-state index contributed by atoms with van der Waals surface area (Å²) in [6.45, 7) is 1.46. The summed E-state index contributed by atoms with van der Waals surface area (Å²) in [5, 5.41) is 7.14. The van der Waals surface area contributed by atoms with Gasteiger partial charge in [0, 0.05) is 30.9 Å². The molecular formula is C16H15N3O3. The fourth-order valence-corrected chi connectivity index (χ4v) is 3.06. The minimum Gasteiger partial charge on any atom is -0.381 e. The molecule has 1 N–H and O–H groups in total. The number of hydrogen-bond donors (Lipinski definition) is 1. The van der Waals surface area contributed by atoms with Crippen LogP contribution in [-0.2, 0) is 4.74 Å². The van der Waals surface area contributed by atoms with E-state index in [1.165, 1.54) is 0 Å². The molecule has 112 valence electrons. The van der Waals surface area contributed by atoms with Gasteiger partial charge in [0.25, 0.3) is 11.8 Å². The van der Waals surface area contributed by atoms with E-state index in [1.54, 1.807) is 30.3 Å². The van der Waals surface area contributed by atoms with E-state index >= 15 is 0 Å². The Balaban J connectivity index is 1.65. The molecule has 2 aliphatic heterocycles. The molecule has 2 amide bonds. The molecule has 1 saturated heterocycles. The van der Waals surface area contributed by atoms with Gasteiger partial charge in [0.1, 0.15) is 0 Å². The van der Waals surface area contributed by atoms with E-state index in [-0.39, 0.29) is 11.8 Å². The molecule has 6 heteroatoms. The number of rotatable bonds is 2. The fourth-order valence-electron chi connectivity index (χ4n) is 3.06. The van der Waals surface area contributed by atoms with Crippen LogP contribution in [0.15, 0.2) is 30.3 Å². The lowest BCUT2D eigenvalue weighted by molar-refractivity contribution is 0.0844. The molecule has 0 aliphatic carbocycles. The first-order valence-corrected chi connectivity index (χ1v) is 7.36. The number of carbonyl (C=O) groups is 2. The normalized spacial score (nSPS) is 18.8. The number of benzene rings is 1. The molecule has 1 aromatic carbocycles. The fraction of sp³-hybridized carbons (Fsp3) is 0.312. The van der Waals surface area contributed by atoms with E-state index in [0.717, 1.165) is 36.6 Å². The Kier molecular flexibility index (Phi) is 3.04. The maximum absolute atomic E-state index is 12.4. The lowest BCUT2D eigenvalue weighted by Crippen LogP contribution is -2.29. The summed E-state index contributed by atoms with van der Waals surface area (Å²) < 4.78 is 5.35. The van der Waals surface area contributed by atoms with Gasteiger partial charge in [-0.15, -0.1) is 0 Å². The largest absolute Gasteiger partial charge is 0.381 e. The first-order chi connectivity index (χ1) is 10.8. The molecular weight excluding hydrogens is 282 g/mol. The van der Waals surface area contributed by atoms with Crippen molar-refractivity contribution in [2.24, 2.45) is 0 Å². The molecule has 0 bridgehead atoms. The zero-order valence-electron chi connectivity index (χ0n) is 11.9. The Morgan fingerprint density at radius 1 is 1.09 bits per heavy atom.